The number of hydrogen-bond acceptors (Lipinski definition) is 1. The highest BCUT2D eigenvalue weighted by Crippen LogP contribution is 2.29. The summed E-state index contributed by atoms with van der Waals surface area (Å²) in [6.45, 7) is 4.62. The second-order valence-corrected chi connectivity index (χ2v) is 3.02. The van der Waals surface area contributed by atoms with Gasteiger partial charge in [-0.25, -0.2) is 4.57 Å². The Morgan fingerprint density at radius 3 is 3.08 bits per heavy atom. The van der Waals surface area contributed by atoms with Crippen LogP contribution in [0.3, 0.4) is 0 Å². The second kappa shape index (κ2) is 2.72. The van der Waals surface area contributed by atoms with Crippen LogP contribution in [0.5, 0.6) is 0 Å². The van der Waals surface area contributed by atoms with Gasteiger partial charge in [-0.3, -0.25) is 0 Å². The number of hydrogen-bond donors (Lipinski definition) is 0. The number of rotatable bonds is 2. The van der Waals surface area contributed by atoms with Crippen molar-refractivity contribution in [3.8, 4) is 0 Å². The lowest BCUT2D eigenvalue weighted by Gasteiger charge is -1.96. The molecule has 0 amide bonds. The van der Waals surface area contributed by atoms with Gasteiger partial charge in [-0.05, 0) is 5.56 Å². The van der Waals surface area contributed by atoms with E-state index in [-0.39, 0.29) is 0 Å². The smallest absolute Gasteiger partial charge is 0.204 e. The van der Waals surface area contributed by atoms with Gasteiger partial charge in [0.2, 0.25) is 5.69 Å². The van der Waals surface area contributed by atoms with Gasteiger partial charge in [-0.2, -0.15) is 0 Å². The molecule has 1 atom stereocenters. The van der Waals surface area contributed by atoms with Gasteiger partial charge < -0.3 is 4.74 Å². The molecule has 62 valence electrons. The Bertz CT molecular complexity index is 316. The van der Waals surface area contributed by atoms with Crippen molar-refractivity contribution in [1.82, 2.24) is 0 Å². The highest BCUT2D eigenvalue weighted by molar-refractivity contribution is 5.40. The number of aromatic nitrogens is 1. The summed E-state index contributed by atoms with van der Waals surface area (Å²) >= 11 is 0. The quantitative estimate of drug-likeness (QED) is 0.472. The second-order valence-electron chi connectivity index (χ2n) is 3.02. The summed E-state index contributed by atoms with van der Waals surface area (Å²) in [6.07, 6.45) is 4.23. The zero-order valence-electron chi connectivity index (χ0n) is 7.16. The van der Waals surface area contributed by atoms with Crippen LogP contribution in [-0.2, 0) is 11.8 Å². The van der Waals surface area contributed by atoms with Crippen LogP contribution in [0.1, 0.15) is 17.4 Å². The van der Waals surface area contributed by atoms with Crippen LogP contribution in [0.2, 0.25) is 0 Å². The number of ether oxygens (including phenoxy) is 1. The van der Waals surface area contributed by atoms with E-state index in [0.717, 1.165) is 12.3 Å². The lowest BCUT2D eigenvalue weighted by atomic mass is 10.2. The van der Waals surface area contributed by atoms with E-state index in [0.29, 0.717) is 6.10 Å². The summed E-state index contributed by atoms with van der Waals surface area (Å²) in [5.74, 6) is 0. The van der Waals surface area contributed by atoms with Crippen LogP contribution >= 0.6 is 0 Å². The van der Waals surface area contributed by atoms with E-state index in [1.54, 1.807) is 0 Å². The maximum absolute atomic E-state index is 5.19. The molecular formula is C10H12NO+. The number of epoxide rings is 1. The van der Waals surface area contributed by atoms with Gasteiger partial charge in [0.25, 0.3) is 0 Å². The molecule has 0 bridgehead atoms. The van der Waals surface area contributed by atoms with Crippen LogP contribution in [0.15, 0.2) is 24.9 Å². The molecule has 2 heteroatoms. The lowest BCUT2D eigenvalue weighted by Crippen LogP contribution is -2.31. The van der Waals surface area contributed by atoms with E-state index in [2.05, 4.69) is 18.7 Å². The third kappa shape index (κ3) is 1.25. The van der Waals surface area contributed by atoms with Gasteiger partial charge in [0.1, 0.15) is 13.2 Å². The zero-order valence-corrected chi connectivity index (χ0v) is 7.16. The fourth-order valence-electron chi connectivity index (χ4n) is 1.25. The minimum absolute atomic E-state index is 0.338. The first-order valence-corrected chi connectivity index (χ1v) is 4.05. The summed E-state index contributed by atoms with van der Waals surface area (Å²) in [5.41, 5.74) is 2.38. The average molecular weight is 162 g/mol. The van der Waals surface area contributed by atoms with Crippen molar-refractivity contribution in [3.63, 3.8) is 0 Å². The molecule has 0 N–H and O–H groups in total. The van der Waals surface area contributed by atoms with Crippen molar-refractivity contribution in [2.75, 3.05) is 6.61 Å². The molecule has 2 rings (SSSR count). The van der Waals surface area contributed by atoms with Crippen LogP contribution in [0.25, 0.3) is 6.08 Å². The largest absolute Gasteiger partial charge is 0.368 e. The van der Waals surface area contributed by atoms with Gasteiger partial charge in [0.15, 0.2) is 6.20 Å². The third-order valence-corrected chi connectivity index (χ3v) is 2.13. The van der Waals surface area contributed by atoms with E-state index in [9.17, 15) is 0 Å². The van der Waals surface area contributed by atoms with E-state index in [1.807, 2.05) is 23.9 Å². The summed E-state index contributed by atoms with van der Waals surface area (Å²) in [7, 11) is 2.01. The first kappa shape index (κ1) is 7.50. The molecule has 0 spiro atoms. The first-order valence-electron chi connectivity index (χ1n) is 4.05. The van der Waals surface area contributed by atoms with Crippen LogP contribution in [0.4, 0.5) is 0 Å². The predicted octanol–water partition coefficient (Wildman–Crippen LogP) is 1.23. The van der Waals surface area contributed by atoms with Crippen LogP contribution in [-0.4, -0.2) is 6.61 Å². The molecule has 1 fully saturated rings. The van der Waals surface area contributed by atoms with Gasteiger partial charge in [0.05, 0.1) is 6.61 Å². The molecule has 1 saturated heterocycles. The minimum atomic E-state index is 0.338. The van der Waals surface area contributed by atoms with E-state index in [1.165, 1.54) is 5.56 Å². The fraction of sp³-hybridized carbons (Fsp3) is 0.300. The predicted molar refractivity (Wildman–Crippen MR) is 46.4 cm³/mol. The normalized spacial score (nSPS) is 20.6. The molecule has 0 aliphatic carbocycles. The Kier molecular flexibility index (Phi) is 1.70. The molecule has 1 aliphatic heterocycles. The van der Waals surface area contributed by atoms with E-state index in [4.69, 9.17) is 4.74 Å². The first-order chi connectivity index (χ1) is 5.81. The summed E-state index contributed by atoms with van der Waals surface area (Å²) in [5, 5.41) is 0. The van der Waals surface area contributed by atoms with Crippen molar-refractivity contribution >= 4 is 6.08 Å². The van der Waals surface area contributed by atoms with Gasteiger partial charge >= 0.3 is 0 Å². The Morgan fingerprint density at radius 2 is 2.50 bits per heavy atom. The molecule has 1 aromatic heterocycles. The highest BCUT2D eigenvalue weighted by Gasteiger charge is 2.26. The van der Waals surface area contributed by atoms with Crippen LogP contribution in [0, 0.1) is 0 Å². The minimum Gasteiger partial charge on any atom is -0.368 e. The van der Waals surface area contributed by atoms with Crippen LogP contribution < -0.4 is 4.57 Å². The Labute approximate surface area is 72.1 Å². The summed E-state index contributed by atoms with van der Waals surface area (Å²) < 4.78 is 7.23. The Morgan fingerprint density at radius 1 is 1.75 bits per heavy atom. The van der Waals surface area contributed by atoms with Gasteiger partial charge in [-0.1, -0.05) is 6.58 Å². The highest BCUT2D eigenvalue weighted by atomic mass is 16.6. The van der Waals surface area contributed by atoms with E-state index >= 15 is 0 Å². The number of pyridine rings is 1. The Balaban J connectivity index is 2.39. The maximum Gasteiger partial charge on any atom is 0.204 e. The molecule has 1 aromatic rings. The fourth-order valence-corrected chi connectivity index (χ4v) is 1.25. The molecule has 12 heavy (non-hydrogen) atoms. The topological polar surface area (TPSA) is 16.4 Å². The summed E-state index contributed by atoms with van der Waals surface area (Å²) in [6, 6.07) is 4.20. The standard InChI is InChI=1S/C10H12NO/c1-3-9-6-8(10-7-12-10)4-5-11(9)2/h3-6,10H,1,7H2,2H3/q+1. The lowest BCUT2D eigenvalue weighted by molar-refractivity contribution is -0.673. The van der Waals surface area contributed by atoms with Crippen molar-refractivity contribution in [3.05, 3.63) is 36.2 Å². The molecule has 0 aromatic carbocycles. The number of nitrogens with zero attached hydrogens (tertiary/aromatic N) is 1. The summed E-state index contributed by atoms with van der Waals surface area (Å²) in [4.78, 5) is 0. The third-order valence-electron chi connectivity index (χ3n) is 2.13. The molecule has 2 nitrogen and oxygen atoms in total. The van der Waals surface area contributed by atoms with Crippen molar-refractivity contribution in [2.45, 2.75) is 6.10 Å². The zero-order chi connectivity index (χ0) is 8.55. The molecular weight excluding hydrogens is 150 g/mol. The van der Waals surface area contributed by atoms with Crippen molar-refractivity contribution in [2.24, 2.45) is 7.05 Å². The van der Waals surface area contributed by atoms with Gasteiger partial charge in [-0.15, -0.1) is 0 Å². The molecule has 1 unspecified atom stereocenters. The molecule has 0 radical (unpaired) electrons. The SMILES string of the molecule is C=Cc1cc(C2CO2)cc[n+]1C. The monoisotopic (exact) mass is 162 g/mol. The van der Waals surface area contributed by atoms with Crippen molar-refractivity contribution < 1.29 is 9.30 Å². The number of aryl methyl sites for hydroxylation is 1. The van der Waals surface area contributed by atoms with Gasteiger partial charge in [0, 0.05) is 18.2 Å². The average Bonchev–Trinajstić information content (AvgIpc) is 2.88. The maximum atomic E-state index is 5.19. The molecule has 2 heterocycles. The van der Waals surface area contributed by atoms with E-state index < -0.39 is 0 Å². The molecule has 0 saturated carbocycles. The van der Waals surface area contributed by atoms with Crippen molar-refractivity contribution in [1.29, 1.82) is 0 Å². The Hall–Kier alpha value is -1.15. The molecule has 1 aliphatic rings.